The van der Waals surface area contributed by atoms with E-state index in [1.807, 2.05) is 18.2 Å². The lowest BCUT2D eigenvalue weighted by atomic mass is 9.88. The number of aromatic carboxylic acids is 1. The van der Waals surface area contributed by atoms with Gasteiger partial charge in [-0.2, -0.15) is 4.58 Å². The van der Waals surface area contributed by atoms with Gasteiger partial charge in [0.05, 0.1) is 16.8 Å². The van der Waals surface area contributed by atoms with Gasteiger partial charge in [-0.15, -0.1) is 0 Å². The molecule has 0 saturated carbocycles. The Balaban J connectivity index is 1.99. The third-order valence-corrected chi connectivity index (χ3v) is 6.00. The van der Waals surface area contributed by atoms with Crippen molar-refractivity contribution in [1.82, 2.24) is 4.58 Å². The fraction of sp³-hybridized carbons (Fsp3) is 0.259. The molecular formula is C27H29N2O2+. The number of fused-ring (bicyclic) bond motifs is 2. The summed E-state index contributed by atoms with van der Waals surface area (Å²) in [4.78, 5) is 13.6. The third-order valence-electron chi connectivity index (χ3n) is 6.00. The highest BCUT2D eigenvalue weighted by Gasteiger charge is 2.28. The quantitative estimate of drug-likeness (QED) is 0.486. The van der Waals surface area contributed by atoms with Crippen molar-refractivity contribution in [1.29, 1.82) is 0 Å². The molecule has 158 valence electrons. The average Bonchev–Trinajstić information content (AvgIpc) is 2.87. The molecule has 0 fully saturated rings. The Hall–Kier alpha value is -3.40. The van der Waals surface area contributed by atoms with E-state index >= 15 is 0 Å². The summed E-state index contributed by atoms with van der Waals surface area (Å²) in [5.74, 6) is -0.0516. The normalized spacial score (nSPS) is 13.0. The van der Waals surface area contributed by atoms with Gasteiger partial charge in [0.1, 0.15) is 5.69 Å². The van der Waals surface area contributed by atoms with E-state index in [0.29, 0.717) is 11.8 Å². The molecule has 4 rings (SSSR count). The minimum Gasteiger partial charge on any atom is -0.478 e. The molecule has 0 spiro atoms. The van der Waals surface area contributed by atoms with Gasteiger partial charge in [0.2, 0.25) is 11.4 Å². The van der Waals surface area contributed by atoms with Gasteiger partial charge in [0, 0.05) is 25.2 Å². The fourth-order valence-electron chi connectivity index (χ4n) is 4.30. The molecule has 4 heteroatoms. The van der Waals surface area contributed by atoms with Crippen LogP contribution in [-0.4, -0.2) is 24.3 Å². The van der Waals surface area contributed by atoms with E-state index in [4.69, 9.17) is 0 Å². The van der Waals surface area contributed by atoms with Crippen LogP contribution in [-0.2, 0) is 0 Å². The van der Waals surface area contributed by atoms with Crippen LogP contribution in [0.1, 0.15) is 66.6 Å². The first-order valence-corrected chi connectivity index (χ1v) is 10.8. The zero-order valence-electron chi connectivity index (χ0n) is 18.8. The zero-order chi connectivity index (χ0) is 22.3. The third kappa shape index (κ3) is 3.74. The van der Waals surface area contributed by atoms with Crippen molar-refractivity contribution in [3.8, 4) is 0 Å². The van der Waals surface area contributed by atoms with Crippen molar-refractivity contribution in [2.45, 2.75) is 39.5 Å². The number of hydrogen-bond donors (Lipinski definition) is 1. The van der Waals surface area contributed by atoms with E-state index in [1.165, 1.54) is 16.8 Å². The van der Waals surface area contributed by atoms with Crippen LogP contribution < -0.4 is 9.48 Å². The van der Waals surface area contributed by atoms with E-state index in [1.54, 1.807) is 12.1 Å². The molecular weight excluding hydrogens is 384 g/mol. The summed E-state index contributed by atoms with van der Waals surface area (Å²) in [6.45, 7) is 8.98. The van der Waals surface area contributed by atoms with Gasteiger partial charge in [-0.1, -0.05) is 39.8 Å². The number of anilines is 2. The second-order valence-electron chi connectivity index (χ2n) is 8.75. The average molecular weight is 414 g/mol. The number of nitrogens with zero attached hydrogens (tertiary/aromatic N) is 2. The largest absolute Gasteiger partial charge is 0.478 e. The molecule has 0 atom stereocenters. The Morgan fingerprint density at radius 2 is 1.48 bits per heavy atom. The number of hydrogen-bond acceptors (Lipinski definition) is 2. The van der Waals surface area contributed by atoms with Crippen LogP contribution in [0.3, 0.4) is 0 Å². The SMILES string of the molecule is CC(C)c1cc2c(cc1C(C)C)N(C)c1ccccc1[N+](c1ccc(C(=O)O)cc1)=C2. The maximum absolute atomic E-state index is 11.3. The maximum atomic E-state index is 11.3. The fourth-order valence-corrected chi connectivity index (χ4v) is 4.30. The predicted octanol–water partition coefficient (Wildman–Crippen LogP) is 6.67. The van der Waals surface area contributed by atoms with E-state index in [-0.39, 0.29) is 5.56 Å². The molecule has 0 aliphatic carbocycles. The Labute approximate surface area is 184 Å². The van der Waals surface area contributed by atoms with Crippen molar-refractivity contribution in [2.75, 3.05) is 11.9 Å². The number of carboxylic acids is 1. The molecule has 0 radical (unpaired) electrons. The lowest BCUT2D eigenvalue weighted by molar-refractivity contribution is 0.0697. The highest BCUT2D eigenvalue weighted by molar-refractivity contribution is 5.99. The molecule has 3 aromatic rings. The van der Waals surface area contributed by atoms with Gasteiger partial charge in [0.25, 0.3) is 0 Å². The Morgan fingerprint density at radius 1 is 0.871 bits per heavy atom. The van der Waals surface area contributed by atoms with Crippen LogP contribution >= 0.6 is 0 Å². The highest BCUT2D eigenvalue weighted by Crippen LogP contribution is 2.41. The Bertz CT molecular complexity index is 1170. The first-order chi connectivity index (χ1) is 14.8. The van der Waals surface area contributed by atoms with E-state index in [2.05, 4.69) is 80.8 Å². The first kappa shape index (κ1) is 20.9. The smallest absolute Gasteiger partial charge is 0.335 e. The number of benzene rings is 3. The van der Waals surface area contributed by atoms with Gasteiger partial charge >= 0.3 is 5.97 Å². The van der Waals surface area contributed by atoms with Gasteiger partial charge in [-0.25, -0.2) is 4.79 Å². The standard InChI is InChI=1S/C27H28N2O2/c1-17(2)22-14-20-16-29(21-12-10-19(11-13-21)27(30)31)25-9-7-6-8-24(25)28(5)26(20)15-23(22)18(3)4/h6-18H,1-5H3/p+1. The predicted molar refractivity (Wildman–Crippen MR) is 129 cm³/mol. The van der Waals surface area contributed by atoms with Crippen LogP contribution in [0.25, 0.3) is 0 Å². The van der Waals surface area contributed by atoms with Crippen LogP contribution in [0.4, 0.5) is 22.7 Å². The minimum atomic E-state index is -0.917. The lowest BCUT2D eigenvalue weighted by Gasteiger charge is -2.24. The van der Waals surface area contributed by atoms with Crippen molar-refractivity contribution < 1.29 is 9.90 Å². The minimum absolute atomic E-state index is 0.285. The van der Waals surface area contributed by atoms with Crippen LogP contribution in [0, 0.1) is 0 Å². The van der Waals surface area contributed by atoms with Crippen LogP contribution in [0.2, 0.25) is 0 Å². The second-order valence-corrected chi connectivity index (χ2v) is 8.75. The van der Waals surface area contributed by atoms with Crippen molar-refractivity contribution >= 4 is 34.9 Å². The summed E-state index contributed by atoms with van der Waals surface area (Å²) in [5, 5.41) is 9.28. The summed E-state index contributed by atoms with van der Waals surface area (Å²) >= 11 is 0. The highest BCUT2D eigenvalue weighted by atomic mass is 16.4. The zero-order valence-corrected chi connectivity index (χ0v) is 18.8. The Morgan fingerprint density at radius 3 is 2.10 bits per heavy atom. The van der Waals surface area contributed by atoms with Gasteiger partial charge in [-0.3, -0.25) is 0 Å². The Kier molecular flexibility index (Phi) is 5.40. The van der Waals surface area contributed by atoms with E-state index in [9.17, 15) is 9.90 Å². The molecule has 31 heavy (non-hydrogen) atoms. The molecule has 1 aliphatic heterocycles. The number of carboxylic acid groups (broad SMARTS) is 1. The van der Waals surface area contributed by atoms with Crippen molar-refractivity contribution in [3.63, 3.8) is 0 Å². The summed E-state index contributed by atoms with van der Waals surface area (Å²) < 4.78 is 2.16. The second kappa shape index (κ2) is 8.03. The van der Waals surface area contributed by atoms with Gasteiger partial charge in [0.15, 0.2) is 6.21 Å². The molecule has 3 aromatic carbocycles. The molecule has 0 saturated heterocycles. The number of para-hydroxylation sites is 2. The number of rotatable bonds is 4. The van der Waals surface area contributed by atoms with Crippen LogP contribution in [0.15, 0.2) is 60.7 Å². The van der Waals surface area contributed by atoms with E-state index in [0.717, 1.165) is 22.6 Å². The van der Waals surface area contributed by atoms with Crippen molar-refractivity contribution in [2.24, 2.45) is 0 Å². The first-order valence-electron chi connectivity index (χ1n) is 10.8. The topological polar surface area (TPSA) is 43.5 Å². The molecule has 1 N–H and O–H groups in total. The molecule has 1 aliphatic rings. The van der Waals surface area contributed by atoms with Gasteiger partial charge in [-0.05, 0) is 53.3 Å². The maximum Gasteiger partial charge on any atom is 0.335 e. The molecule has 4 nitrogen and oxygen atoms in total. The van der Waals surface area contributed by atoms with Crippen LogP contribution in [0.5, 0.6) is 0 Å². The lowest BCUT2D eigenvalue weighted by Crippen LogP contribution is -2.13. The summed E-state index contributed by atoms with van der Waals surface area (Å²) in [5.41, 5.74) is 8.44. The summed E-state index contributed by atoms with van der Waals surface area (Å²) in [7, 11) is 2.11. The molecule has 0 bridgehead atoms. The number of carbonyl (C=O) groups is 1. The monoisotopic (exact) mass is 413 g/mol. The van der Waals surface area contributed by atoms with Crippen molar-refractivity contribution in [3.05, 3.63) is 82.9 Å². The van der Waals surface area contributed by atoms with E-state index < -0.39 is 5.97 Å². The molecule has 0 unspecified atom stereocenters. The molecule has 0 aromatic heterocycles. The summed E-state index contributed by atoms with van der Waals surface area (Å²) in [6.07, 6.45) is 2.17. The molecule has 0 amide bonds. The summed E-state index contributed by atoms with van der Waals surface area (Å²) in [6, 6.07) is 20.0. The molecule has 1 heterocycles. The van der Waals surface area contributed by atoms with Gasteiger partial charge < -0.3 is 10.0 Å².